The minimum atomic E-state index is -0.140. The fourth-order valence-electron chi connectivity index (χ4n) is 3.61. The largest absolute Gasteiger partial charge is 0.394 e. The number of fused-ring (bicyclic) bond motifs is 1. The highest BCUT2D eigenvalue weighted by atomic mass is 16.3. The van der Waals surface area contributed by atoms with Crippen LogP contribution in [0.25, 0.3) is 0 Å². The summed E-state index contributed by atoms with van der Waals surface area (Å²) in [5, 5.41) is 13.4. The molecular weight excluding hydrogens is 248 g/mol. The van der Waals surface area contributed by atoms with Crippen molar-refractivity contribution in [2.24, 2.45) is 5.92 Å². The molecule has 0 bridgehead atoms. The Balaban J connectivity index is 1.89. The Bertz CT molecular complexity index is 466. The van der Waals surface area contributed by atoms with Gasteiger partial charge in [-0.1, -0.05) is 18.2 Å². The molecule has 1 aliphatic carbocycles. The van der Waals surface area contributed by atoms with Crippen LogP contribution in [0.4, 0.5) is 5.69 Å². The van der Waals surface area contributed by atoms with Crippen LogP contribution in [0.15, 0.2) is 24.3 Å². The second-order valence-corrected chi connectivity index (χ2v) is 6.48. The minimum Gasteiger partial charge on any atom is -0.394 e. The van der Waals surface area contributed by atoms with Crippen LogP contribution >= 0.6 is 0 Å². The summed E-state index contributed by atoms with van der Waals surface area (Å²) in [5.41, 5.74) is 2.67. The van der Waals surface area contributed by atoms with Crippen LogP contribution in [0.5, 0.6) is 0 Å². The summed E-state index contributed by atoms with van der Waals surface area (Å²) in [5.74, 6) is 0.624. The van der Waals surface area contributed by atoms with E-state index in [0.717, 1.165) is 6.54 Å². The van der Waals surface area contributed by atoms with Gasteiger partial charge in [0.25, 0.3) is 0 Å². The second kappa shape index (κ2) is 5.38. The molecule has 2 aliphatic rings. The Morgan fingerprint density at radius 1 is 1.30 bits per heavy atom. The molecule has 0 radical (unpaired) electrons. The molecule has 3 nitrogen and oxygen atoms in total. The predicted octanol–water partition coefficient (Wildman–Crippen LogP) is 2.19. The third-order valence-electron chi connectivity index (χ3n) is 5.26. The average molecular weight is 274 g/mol. The quantitative estimate of drug-likeness (QED) is 0.864. The molecule has 3 rings (SSSR count). The molecule has 3 heteroatoms. The summed E-state index contributed by atoms with van der Waals surface area (Å²) in [6.07, 6.45) is 4.85. The first kappa shape index (κ1) is 13.9. The molecule has 0 aromatic heterocycles. The predicted molar refractivity (Wildman–Crippen MR) is 83.2 cm³/mol. The van der Waals surface area contributed by atoms with E-state index in [9.17, 15) is 5.11 Å². The number of para-hydroxylation sites is 1. The van der Waals surface area contributed by atoms with Gasteiger partial charge in [0.05, 0.1) is 12.1 Å². The van der Waals surface area contributed by atoms with Gasteiger partial charge in [0, 0.05) is 18.3 Å². The van der Waals surface area contributed by atoms with E-state index >= 15 is 0 Å². The van der Waals surface area contributed by atoms with E-state index in [1.807, 2.05) is 7.05 Å². The van der Waals surface area contributed by atoms with E-state index in [0.29, 0.717) is 12.0 Å². The zero-order chi connectivity index (χ0) is 14.2. The van der Waals surface area contributed by atoms with Crippen LogP contribution in [0.1, 0.15) is 31.7 Å². The second-order valence-electron chi connectivity index (χ2n) is 6.48. The molecular formula is C17H26N2O. The Hall–Kier alpha value is -1.06. The maximum absolute atomic E-state index is 9.96. The van der Waals surface area contributed by atoms with Crippen molar-refractivity contribution in [1.82, 2.24) is 5.32 Å². The van der Waals surface area contributed by atoms with Gasteiger partial charge in [0.15, 0.2) is 0 Å². The summed E-state index contributed by atoms with van der Waals surface area (Å²) in [6, 6.07) is 9.27. The Labute approximate surface area is 122 Å². The number of nitrogens with zero attached hydrogens (tertiary/aromatic N) is 1. The van der Waals surface area contributed by atoms with Crippen molar-refractivity contribution in [3.63, 3.8) is 0 Å². The van der Waals surface area contributed by atoms with Crippen molar-refractivity contribution in [3.05, 3.63) is 29.8 Å². The first-order chi connectivity index (χ1) is 9.70. The third-order valence-corrected chi connectivity index (χ3v) is 5.26. The van der Waals surface area contributed by atoms with Gasteiger partial charge in [-0.05, 0) is 57.2 Å². The van der Waals surface area contributed by atoms with Gasteiger partial charge in [0.2, 0.25) is 0 Å². The molecule has 0 saturated heterocycles. The van der Waals surface area contributed by atoms with Crippen LogP contribution in [0, 0.1) is 5.92 Å². The van der Waals surface area contributed by atoms with Crippen LogP contribution < -0.4 is 10.2 Å². The SMILES string of the molecule is CNC(CO)(CN1c2ccccc2CCC1C)C1CC1. The molecule has 20 heavy (non-hydrogen) atoms. The molecule has 1 heterocycles. The zero-order valence-corrected chi connectivity index (χ0v) is 12.6. The normalized spacial score (nSPS) is 25.1. The maximum atomic E-state index is 9.96. The molecule has 1 aliphatic heterocycles. The molecule has 2 unspecified atom stereocenters. The van der Waals surface area contributed by atoms with Gasteiger partial charge in [-0.3, -0.25) is 0 Å². The lowest BCUT2D eigenvalue weighted by atomic mass is 9.89. The van der Waals surface area contributed by atoms with E-state index in [-0.39, 0.29) is 12.1 Å². The highest BCUT2D eigenvalue weighted by molar-refractivity contribution is 5.56. The molecule has 2 atom stereocenters. The first-order valence-corrected chi connectivity index (χ1v) is 7.84. The van der Waals surface area contributed by atoms with Gasteiger partial charge in [-0.25, -0.2) is 0 Å². The van der Waals surface area contributed by atoms with E-state index in [1.54, 1.807) is 0 Å². The van der Waals surface area contributed by atoms with Gasteiger partial charge >= 0.3 is 0 Å². The summed E-state index contributed by atoms with van der Waals surface area (Å²) >= 11 is 0. The standard InChI is InChI=1S/C17H26N2O/c1-13-7-8-14-5-3-4-6-16(14)19(13)11-17(12-20,18-2)15-9-10-15/h3-6,13,15,18,20H,7-12H2,1-2H3. The molecule has 1 aromatic carbocycles. The fraction of sp³-hybridized carbons (Fsp3) is 0.647. The lowest BCUT2D eigenvalue weighted by molar-refractivity contribution is 0.149. The van der Waals surface area contributed by atoms with Gasteiger partial charge in [0.1, 0.15) is 0 Å². The highest BCUT2D eigenvalue weighted by Gasteiger charge is 2.45. The number of nitrogens with one attached hydrogen (secondary N) is 1. The van der Waals surface area contributed by atoms with Crippen molar-refractivity contribution in [2.75, 3.05) is 25.1 Å². The average Bonchev–Trinajstić information content (AvgIpc) is 3.32. The van der Waals surface area contributed by atoms with Gasteiger partial charge < -0.3 is 15.3 Å². The summed E-state index contributed by atoms with van der Waals surface area (Å²) in [6.45, 7) is 3.43. The lowest BCUT2D eigenvalue weighted by Crippen LogP contribution is -2.59. The number of benzene rings is 1. The fourth-order valence-corrected chi connectivity index (χ4v) is 3.61. The summed E-state index contributed by atoms with van der Waals surface area (Å²) in [7, 11) is 2.00. The molecule has 110 valence electrons. The lowest BCUT2D eigenvalue weighted by Gasteiger charge is -2.44. The van der Waals surface area contributed by atoms with E-state index in [4.69, 9.17) is 0 Å². The van der Waals surface area contributed by atoms with Gasteiger partial charge in [-0.15, -0.1) is 0 Å². The number of aliphatic hydroxyl groups is 1. The zero-order valence-electron chi connectivity index (χ0n) is 12.6. The van der Waals surface area contributed by atoms with Crippen molar-refractivity contribution in [3.8, 4) is 0 Å². The minimum absolute atomic E-state index is 0.140. The molecule has 1 fully saturated rings. The maximum Gasteiger partial charge on any atom is 0.0633 e. The van der Waals surface area contributed by atoms with Crippen molar-refractivity contribution < 1.29 is 5.11 Å². The number of aryl methyl sites for hydroxylation is 1. The Morgan fingerprint density at radius 3 is 2.70 bits per heavy atom. The van der Waals surface area contributed by atoms with Gasteiger partial charge in [-0.2, -0.15) is 0 Å². The third kappa shape index (κ3) is 2.33. The number of hydrogen-bond donors (Lipinski definition) is 2. The highest BCUT2D eigenvalue weighted by Crippen LogP contribution is 2.41. The summed E-state index contributed by atoms with van der Waals surface area (Å²) < 4.78 is 0. The first-order valence-electron chi connectivity index (χ1n) is 7.84. The molecule has 0 spiro atoms. The van der Waals surface area contributed by atoms with Crippen LogP contribution in [-0.4, -0.2) is 36.9 Å². The van der Waals surface area contributed by atoms with E-state index in [2.05, 4.69) is 41.4 Å². The van der Waals surface area contributed by atoms with E-state index < -0.39 is 0 Å². The molecule has 1 aromatic rings. The topological polar surface area (TPSA) is 35.5 Å². The molecule has 0 amide bonds. The number of aliphatic hydroxyl groups excluding tert-OH is 1. The van der Waals surface area contributed by atoms with Crippen molar-refractivity contribution in [1.29, 1.82) is 0 Å². The van der Waals surface area contributed by atoms with Crippen LogP contribution in [0.2, 0.25) is 0 Å². The number of rotatable bonds is 5. The van der Waals surface area contributed by atoms with E-state index in [1.165, 1.54) is 36.9 Å². The monoisotopic (exact) mass is 274 g/mol. The van der Waals surface area contributed by atoms with Crippen LogP contribution in [-0.2, 0) is 6.42 Å². The van der Waals surface area contributed by atoms with Crippen LogP contribution in [0.3, 0.4) is 0 Å². The Morgan fingerprint density at radius 2 is 2.05 bits per heavy atom. The van der Waals surface area contributed by atoms with Crippen molar-refractivity contribution >= 4 is 5.69 Å². The number of anilines is 1. The molecule has 1 saturated carbocycles. The summed E-state index contributed by atoms with van der Waals surface area (Å²) in [4.78, 5) is 2.50. The Kier molecular flexibility index (Phi) is 3.74. The molecule has 2 N–H and O–H groups in total. The van der Waals surface area contributed by atoms with Crippen molar-refractivity contribution in [2.45, 2.75) is 44.2 Å². The smallest absolute Gasteiger partial charge is 0.0633 e. The number of hydrogen-bond acceptors (Lipinski definition) is 3. The number of likely N-dealkylation sites (N-methyl/N-ethyl adjacent to an activating group) is 1.